The summed E-state index contributed by atoms with van der Waals surface area (Å²) in [4.78, 5) is 11.9. The maximum absolute atomic E-state index is 13.4. The van der Waals surface area contributed by atoms with Crippen molar-refractivity contribution < 1.29 is 18.7 Å². The monoisotopic (exact) mass is 304 g/mol. The molecule has 2 N–H and O–H groups in total. The van der Waals surface area contributed by atoms with Gasteiger partial charge in [0.15, 0.2) is 0 Å². The number of benzene rings is 2. The summed E-state index contributed by atoms with van der Waals surface area (Å²) >= 11 is 0. The first-order chi connectivity index (χ1) is 10.6. The molecule has 5 nitrogen and oxygen atoms in total. The molecular weight excluding hydrogens is 287 g/mol. The molecule has 6 heteroatoms. The van der Waals surface area contributed by atoms with Crippen molar-refractivity contribution in [1.29, 1.82) is 0 Å². The zero-order valence-electron chi connectivity index (χ0n) is 12.4. The molecule has 116 valence electrons. The predicted octanol–water partition coefficient (Wildman–Crippen LogP) is 2.89. The standard InChI is InChI=1S/C16H17FN2O3/c1-21-12-7-11(8-13(9-12)22-2)19-16(20)10-18-15-6-4-3-5-14(15)17/h3-9,18H,10H2,1-2H3,(H,19,20). The van der Waals surface area contributed by atoms with Gasteiger partial charge in [0.05, 0.1) is 26.5 Å². The first-order valence-corrected chi connectivity index (χ1v) is 6.63. The third kappa shape index (κ3) is 4.12. The molecule has 0 aliphatic rings. The number of hydrogen-bond acceptors (Lipinski definition) is 4. The molecule has 22 heavy (non-hydrogen) atoms. The van der Waals surface area contributed by atoms with Crippen molar-refractivity contribution >= 4 is 17.3 Å². The quantitative estimate of drug-likeness (QED) is 0.861. The number of hydrogen-bond donors (Lipinski definition) is 2. The molecule has 0 aliphatic carbocycles. The lowest BCUT2D eigenvalue weighted by Crippen LogP contribution is -2.22. The number of nitrogens with one attached hydrogen (secondary N) is 2. The lowest BCUT2D eigenvalue weighted by atomic mass is 10.2. The van der Waals surface area contributed by atoms with E-state index in [0.717, 1.165) is 0 Å². The summed E-state index contributed by atoms with van der Waals surface area (Å²) in [6.07, 6.45) is 0. The van der Waals surface area contributed by atoms with Gasteiger partial charge in [0.25, 0.3) is 0 Å². The van der Waals surface area contributed by atoms with E-state index in [2.05, 4.69) is 10.6 Å². The van der Waals surface area contributed by atoms with Crippen molar-refractivity contribution in [1.82, 2.24) is 0 Å². The molecule has 0 atom stereocenters. The number of halogens is 1. The van der Waals surface area contributed by atoms with Crippen LogP contribution in [0.5, 0.6) is 11.5 Å². The maximum atomic E-state index is 13.4. The molecule has 0 bridgehead atoms. The number of rotatable bonds is 6. The number of anilines is 2. The summed E-state index contributed by atoms with van der Waals surface area (Å²) in [5.74, 6) is 0.422. The second kappa shape index (κ2) is 7.31. The van der Waals surface area contributed by atoms with E-state index in [9.17, 15) is 9.18 Å². The summed E-state index contributed by atoms with van der Waals surface area (Å²) in [6.45, 7) is -0.0551. The molecule has 0 aliphatic heterocycles. The molecule has 0 saturated heterocycles. The van der Waals surface area contributed by atoms with Gasteiger partial charge in [0.2, 0.25) is 5.91 Å². The number of amides is 1. The van der Waals surface area contributed by atoms with Gasteiger partial charge in [-0.3, -0.25) is 4.79 Å². The molecule has 0 spiro atoms. The highest BCUT2D eigenvalue weighted by molar-refractivity contribution is 5.94. The molecule has 0 fully saturated rings. The van der Waals surface area contributed by atoms with Crippen molar-refractivity contribution in [3.05, 3.63) is 48.3 Å². The number of ether oxygens (including phenoxy) is 2. The minimum absolute atomic E-state index is 0.0551. The Kier molecular flexibility index (Phi) is 5.19. The lowest BCUT2D eigenvalue weighted by molar-refractivity contribution is -0.114. The van der Waals surface area contributed by atoms with Crippen molar-refractivity contribution in [2.45, 2.75) is 0 Å². The molecular formula is C16H17FN2O3. The second-order valence-electron chi connectivity index (χ2n) is 4.48. The SMILES string of the molecule is COc1cc(NC(=O)CNc2ccccc2F)cc(OC)c1. The van der Waals surface area contributed by atoms with Crippen LogP contribution in [0.15, 0.2) is 42.5 Å². The largest absolute Gasteiger partial charge is 0.497 e. The van der Waals surface area contributed by atoms with Gasteiger partial charge in [0, 0.05) is 23.9 Å². The van der Waals surface area contributed by atoms with Gasteiger partial charge >= 0.3 is 0 Å². The number of carbonyl (C=O) groups excluding carboxylic acids is 1. The summed E-state index contributed by atoms with van der Waals surface area (Å²) < 4.78 is 23.7. The normalized spacial score (nSPS) is 9.95. The molecule has 1 amide bonds. The average Bonchev–Trinajstić information content (AvgIpc) is 2.53. The Morgan fingerprint density at radius 3 is 2.32 bits per heavy atom. The fourth-order valence-electron chi connectivity index (χ4n) is 1.86. The van der Waals surface area contributed by atoms with E-state index in [0.29, 0.717) is 17.2 Å². The van der Waals surface area contributed by atoms with Gasteiger partial charge in [0.1, 0.15) is 17.3 Å². The Hall–Kier alpha value is -2.76. The van der Waals surface area contributed by atoms with E-state index < -0.39 is 5.82 Å². The summed E-state index contributed by atoms with van der Waals surface area (Å²) in [6, 6.07) is 11.2. The number of methoxy groups -OCH3 is 2. The zero-order valence-corrected chi connectivity index (χ0v) is 12.4. The Labute approximate surface area is 128 Å². The molecule has 2 aromatic rings. The van der Waals surface area contributed by atoms with Crippen LogP contribution in [-0.2, 0) is 4.79 Å². The Morgan fingerprint density at radius 1 is 1.09 bits per heavy atom. The fraction of sp³-hybridized carbons (Fsp3) is 0.188. The average molecular weight is 304 g/mol. The van der Waals surface area contributed by atoms with E-state index in [1.807, 2.05) is 0 Å². The highest BCUT2D eigenvalue weighted by Crippen LogP contribution is 2.25. The van der Waals surface area contributed by atoms with Crippen molar-refractivity contribution in [3.8, 4) is 11.5 Å². The molecule has 0 unspecified atom stereocenters. The van der Waals surface area contributed by atoms with Crippen molar-refractivity contribution in [2.75, 3.05) is 31.4 Å². The van der Waals surface area contributed by atoms with Gasteiger partial charge < -0.3 is 20.1 Å². The Bertz CT molecular complexity index is 639. The summed E-state index contributed by atoms with van der Waals surface area (Å²) in [5.41, 5.74) is 0.817. The van der Waals surface area contributed by atoms with Crippen molar-refractivity contribution in [2.24, 2.45) is 0 Å². The fourth-order valence-corrected chi connectivity index (χ4v) is 1.86. The molecule has 0 saturated carbocycles. The number of para-hydroxylation sites is 1. The summed E-state index contributed by atoms with van der Waals surface area (Å²) in [7, 11) is 3.06. The van der Waals surface area contributed by atoms with E-state index in [1.54, 1.807) is 36.4 Å². The second-order valence-corrected chi connectivity index (χ2v) is 4.48. The topological polar surface area (TPSA) is 59.6 Å². The van der Waals surface area contributed by atoms with Crippen LogP contribution in [0, 0.1) is 5.82 Å². The third-order valence-corrected chi connectivity index (χ3v) is 2.95. The molecule has 2 aromatic carbocycles. The van der Waals surface area contributed by atoms with Gasteiger partial charge in [-0.15, -0.1) is 0 Å². The minimum Gasteiger partial charge on any atom is -0.497 e. The van der Waals surface area contributed by atoms with E-state index in [-0.39, 0.29) is 18.1 Å². The Morgan fingerprint density at radius 2 is 1.73 bits per heavy atom. The van der Waals surface area contributed by atoms with E-state index in [1.165, 1.54) is 20.3 Å². The molecule has 0 aromatic heterocycles. The van der Waals surface area contributed by atoms with Gasteiger partial charge in [-0.2, -0.15) is 0 Å². The van der Waals surface area contributed by atoms with Crippen LogP contribution in [0.1, 0.15) is 0 Å². The van der Waals surface area contributed by atoms with Gasteiger partial charge in [-0.25, -0.2) is 4.39 Å². The van der Waals surface area contributed by atoms with Crippen LogP contribution in [0.2, 0.25) is 0 Å². The van der Waals surface area contributed by atoms with Gasteiger partial charge in [-0.1, -0.05) is 12.1 Å². The number of carbonyl (C=O) groups is 1. The third-order valence-electron chi connectivity index (χ3n) is 2.95. The Balaban J connectivity index is 1.98. The first kappa shape index (κ1) is 15.6. The lowest BCUT2D eigenvalue weighted by Gasteiger charge is -2.11. The zero-order chi connectivity index (χ0) is 15.9. The maximum Gasteiger partial charge on any atom is 0.243 e. The van der Waals surface area contributed by atoms with E-state index in [4.69, 9.17) is 9.47 Å². The highest BCUT2D eigenvalue weighted by atomic mass is 19.1. The first-order valence-electron chi connectivity index (χ1n) is 6.63. The predicted molar refractivity (Wildman–Crippen MR) is 83.1 cm³/mol. The minimum atomic E-state index is -0.404. The van der Waals surface area contributed by atoms with Crippen LogP contribution in [0.25, 0.3) is 0 Å². The highest BCUT2D eigenvalue weighted by Gasteiger charge is 2.07. The summed E-state index contributed by atoms with van der Waals surface area (Å²) in [5, 5.41) is 5.44. The van der Waals surface area contributed by atoms with Crippen LogP contribution < -0.4 is 20.1 Å². The molecule has 0 heterocycles. The van der Waals surface area contributed by atoms with E-state index >= 15 is 0 Å². The van der Waals surface area contributed by atoms with Crippen LogP contribution in [-0.4, -0.2) is 26.7 Å². The smallest absolute Gasteiger partial charge is 0.243 e. The van der Waals surface area contributed by atoms with Crippen LogP contribution >= 0.6 is 0 Å². The van der Waals surface area contributed by atoms with Crippen LogP contribution in [0.4, 0.5) is 15.8 Å². The van der Waals surface area contributed by atoms with Gasteiger partial charge in [-0.05, 0) is 12.1 Å². The molecule has 0 radical (unpaired) electrons. The molecule has 2 rings (SSSR count). The van der Waals surface area contributed by atoms with Crippen molar-refractivity contribution in [3.63, 3.8) is 0 Å². The van der Waals surface area contributed by atoms with Crippen LogP contribution in [0.3, 0.4) is 0 Å².